The number of esters is 1. The van der Waals surface area contributed by atoms with Gasteiger partial charge in [0.05, 0.1) is 0 Å². The van der Waals surface area contributed by atoms with E-state index in [4.69, 9.17) is 17.7 Å². The number of carbonyl (C=O) groups is 1. The third kappa shape index (κ3) is 3.98. The molecule has 34 heavy (non-hydrogen) atoms. The number of hydrogen-bond acceptors (Lipinski definition) is 3. The van der Waals surface area contributed by atoms with Crippen molar-refractivity contribution in [2.45, 2.75) is 120 Å². The van der Waals surface area contributed by atoms with E-state index in [0.29, 0.717) is 16.9 Å². The molecule has 4 saturated carbocycles. The zero-order chi connectivity index (χ0) is 24.3. The summed E-state index contributed by atoms with van der Waals surface area (Å²) in [6, 6.07) is 0. The van der Waals surface area contributed by atoms with E-state index in [2.05, 4.69) is 27.7 Å². The van der Waals surface area contributed by atoms with Crippen molar-refractivity contribution in [3.05, 3.63) is 0 Å². The number of carbonyl (C=O) groups excluding carboxylic acids is 1. The summed E-state index contributed by atoms with van der Waals surface area (Å²) in [5, 5.41) is 0. The van der Waals surface area contributed by atoms with E-state index in [1.165, 1.54) is 57.8 Å². The first-order valence-electron chi connectivity index (χ1n) is 14.5. The van der Waals surface area contributed by atoms with E-state index in [1.54, 1.807) is 6.92 Å². The Labute approximate surface area is 224 Å². The van der Waals surface area contributed by atoms with Crippen LogP contribution in [0.25, 0.3) is 0 Å². The molecule has 4 aliphatic carbocycles. The van der Waals surface area contributed by atoms with Crippen LogP contribution < -0.4 is 0 Å². The molecular formula is C29H47ClHgO3. The van der Waals surface area contributed by atoms with Crippen molar-refractivity contribution in [2.24, 2.45) is 46.3 Å². The van der Waals surface area contributed by atoms with Gasteiger partial charge in [0, 0.05) is 0 Å². The molecule has 190 valence electrons. The Hall–Kier alpha value is 0.655. The van der Waals surface area contributed by atoms with Crippen molar-refractivity contribution in [2.75, 3.05) is 6.61 Å². The van der Waals surface area contributed by atoms with Crippen LogP contribution in [0.15, 0.2) is 0 Å². The molecule has 0 radical (unpaired) electrons. The van der Waals surface area contributed by atoms with Gasteiger partial charge >= 0.3 is 211 Å². The van der Waals surface area contributed by atoms with E-state index in [9.17, 15) is 4.79 Å². The fourth-order valence-electron chi connectivity index (χ4n) is 10.6. The van der Waals surface area contributed by atoms with Crippen LogP contribution in [-0.2, 0) is 37.6 Å². The van der Waals surface area contributed by atoms with Gasteiger partial charge in [0.1, 0.15) is 0 Å². The standard InChI is InChI=1S/C29H47O3.ClH.Hg/c1-18(2)7-6-8-19(3)23-9-10-24-22-16-27-26-15-21(32-20(4)30)11-14-29(26,17-31-27)25(22)12-13-28(23,24)5;;/h18-19,21-25,27H,6-17H2,1-5H3;1H;/q;;+1/p-1/t19-,21+,22+,23-,24+,25+,27+,28-,29+;;/m1../s1. The molecule has 5 fully saturated rings. The van der Waals surface area contributed by atoms with Crippen LogP contribution in [0.4, 0.5) is 0 Å². The van der Waals surface area contributed by atoms with Crippen molar-refractivity contribution < 1.29 is 37.6 Å². The molecule has 5 aliphatic rings. The summed E-state index contributed by atoms with van der Waals surface area (Å²) in [4.78, 5) is 11.7. The van der Waals surface area contributed by atoms with Crippen LogP contribution in [0, 0.1) is 46.3 Å². The maximum atomic E-state index is 11.7. The Bertz CT molecular complexity index is 774. The topological polar surface area (TPSA) is 35.5 Å². The summed E-state index contributed by atoms with van der Waals surface area (Å²) < 4.78 is 12.7. The molecule has 0 aromatic rings. The van der Waals surface area contributed by atoms with Crippen LogP contribution in [-0.4, -0.2) is 24.8 Å². The second kappa shape index (κ2) is 9.75. The molecule has 0 amide bonds. The van der Waals surface area contributed by atoms with E-state index >= 15 is 0 Å². The minimum absolute atomic E-state index is 0.0709. The zero-order valence-electron chi connectivity index (χ0n) is 22.4. The summed E-state index contributed by atoms with van der Waals surface area (Å²) in [6.07, 6.45) is 14.7. The molecule has 0 N–H and O–H groups in total. The van der Waals surface area contributed by atoms with Gasteiger partial charge in [-0.25, -0.2) is 0 Å². The Balaban J connectivity index is 1.36. The Kier molecular flexibility index (Phi) is 7.54. The first-order valence-corrected chi connectivity index (χ1v) is 24.0. The Morgan fingerprint density at radius 1 is 1.12 bits per heavy atom. The van der Waals surface area contributed by atoms with Gasteiger partial charge in [0.25, 0.3) is 0 Å². The van der Waals surface area contributed by atoms with Crippen LogP contribution in [0.3, 0.4) is 0 Å². The van der Waals surface area contributed by atoms with Crippen LogP contribution >= 0.6 is 8.25 Å². The average Bonchev–Trinajstić information content (AvgIpc) is 3.23. The molecular weight excluding hydrogens is 632 g/mol. The van der Waals surface area contributed by atoms with Gasteiger partial charge in [-0.05, 0) is 0 Å². The Morgan fingerprint density at radius 3 is 2.62 bits per heavy atom. The van der Waals surface area contributed by atoms with Crippen molar-refractivity contribution >= 4 is 14.2 Å². The second-order valence-electron chi connectivity index (χ2n) is 13.9. The van der Waals surface area contributed by atoms with Gasteiger partial charge in [0.2, 0.25) is 0 Å². The molecule has 5 heteroatoms. The van der Waals surface area contributed by atoms with Gasteiger partial charge in [-0.2, -0.15) is 0 Å². The van der Waals surface area contributed by atoms with Crippen LogP contribution in [0.1, 0.15) is 105 Å². The fraction of sp³-hybridized carbons (Fsp3) is 0.966. The van der Waals surface area contributed by atoms with Gasteiger partial charge in [-0.15, -0.1) is 0 Å². The van der Waals surface area contributed by atoms with E-state index in [-0.39, 0.29) is 15.0 Å². The number of rotatable bonds is 7. The third-order valence-corrected chi connectivity index (χ3v) is 23.7. The van der Waals surface area contributed by atoms with E-state index in [0.717, 1.165) is 55.0 Å². The number of halogens is 1. The zero-order valence-corrected chi connectivity index (χ0v) is 28.7. The second-order valence-corrected chi connectivity index (χ2v) is 22.2. The molecule has 0 aromatic heterocycles. The van der Waals surface area contributed by atoms with E-state index in [1.807, 2.05) is 0 Å². The van der Waals surface area contributed by atoms with Gasteiger partial charge < -0.3 is 0 Å². The molecule has 1 saturated heterocycles. The number of hydrogen-bond donors (Lipinski definition) is 0. The third-order valence-electron chi connectivity index (χ3n) is 12.1. The molecule has 1 heterocycles. The van der Waals surface area contributed by atoms with Crippen molar-refractivity contribution in [3.63, 3.8) is 0 Å². The minimum atomic E-state index is -1.70. The van der Waals surface area contributed by atoms with Gasteiger partial charge in [-0.3, -0.25) is 0 Å². The molecule has 1 aliphatic heterocycles. The molecule has 0 unspecified atom stereocenters. The normalized spacial score (nSPS) is 48.0. The Morgan fingerprint density at radius 2 is 1.91 bits per heavy atom. The van der Waals surface area contributed by atoms with Crippen LogP contribution in [0.5, 0.6) is 0 Å². The summed E-state index contributed by atoms with van der Waals surface area (Å²) in [6.45, 7) is 12.5. The number of ether oxygens (including phenoxy) is 2. The average molecular weight is 680 g/mol. The number of fused-ring (bicyclic) bond motifs is 3. The summed E-state index contributed by atoms with van der Waals surface area (Å²) in [7, 11) is 7.08. The predicted octanol–water partition coefficient (Wildman–Crippen LogP) is 7.81. The quantitative estimate of drug-likeness (QED) is 0.204. The molecule has 10 atom stereocenters. The SMILES string of the molecule is CC(=O)O[C@H]1CC[C@]23CO[C@@H](C[C@H]4[C@@H]5CC[C@H]([C@H](C)CCCC(C)C)[C@@]5(C)CC[C@@H]42)[C@@]3([Hg][Cl])C1. The molecule has 3 nitrogen and oxygen atoms in total. The van der Waals surface area contributed by atoms with Gasteiger partial charge in [-0.1, -0.05) is 13.8 Å². The van der Waals surface area contributed by atoms with E-state index < -0.39 is 23.3 Å². The molecule has 0 spiro atoms. The molecule has 2 bridgehead atoms. The van der Waals surface area contributed by atoms with Gasteiger partial charge in [0.15, 0.2) is 0 Å². The monoisotopic (exact) mass is 680 g/mol. The molecule has 0 aromatic carbocycles. The molecule has 5 rings (SSSR count). The summed E-state index contributed by atoms with van der Waals surface area (Å²) >= 11 is -1.70. The first kappa shape index (κ1) is 26.3. The van der Waals surface area contributed by atoms with Crippen molar-refractivity contribution in [3.8, 4) is 0 Å². The fourth-order valence-corrected chi connectivity index (χ4v) is 22.0. The van der Waals surface area contributed by atoms with Crippen molar-refractivity contribution in [1.82, 2.24) is 0 Å². The maximum absolute atomic E-state index is 11.7. The predicted molar refractivity (Wildman–Crippen MR) is 133 cm³/mol. The summed E-state index contributed by atoms with van der Waals surface area (Å²) in [5.74, 6) is 4.96. The summed E-state index contributed by atoms with van der Waals surface area (Å²) in [5.41, 5.74) is 0.817. The first-order chi connectivity index (χ1) is 16.2. The van der Waals surface area contributed by atoms with Crippen LogP contribution in [0.2, 0.25) is 2.92 Å². The van der Waals surface area contributed by atoms with Crippen molar-refractivity contribution in [1.29, 1.82) is 0 Å².